The Balaban J connectivity index is 2.22. The minimum absolute atomic E-state index is 0.100. The molecular weight excluding hydrogens is 304 g/mol. The highest BCUT2D eigenvalue weighted by atomic mass is 32.2. The maximum atomic E-state index is 11.7. The molecule has 22 heavy (non-hydrogen) atoms. The van der Waals surface area contributed by atoms with Crippen molar-refractivity contribution in [2.24, 2.45) is 0 Å². The van der Waals surface area contributed by atoms with Crippen LogP contribution in [0.2, 0.25) is 0 Å². The Morgan fingerprint density at radius 3 is 2.41 bits per heavy atom. The molecule has 0 unspecified atom stereocenters. The van der Waals surface area contributed by atoms with Crippen LogP contribution in [0, 0.1) is 0 Å². The fourth-order valence-corrected chi connectivity index (χ4v) is 2.68. The van der Waals surface area contributed by atoms with Gasteiger partial charge in [-0.15, -0.1) is 0 Å². The number of benzene rings is 2. The van der Waals surface area contributed by atoms with Crippen LogP contribution in [0.25, 0.3) is 22.1 Å². The zero-order valence-electron chi connectivity index (χ0n) is 11.6. The van der Waals surface area contributed by atoms with Crippen molar-refractivity contribution < 1.29 is 17.0 Å². The maximum Gasteiger partial charge on any atom is 0.336 e. The van der Waals surface area contributed by atoms with Crippen molar-refractivity contribution >= 4 is 21.1 Å². The highest BCUT2D eigenvalue weighted by molar-refractivity contribution is 7.86. The summed E-state index contributed by atoms with van der Waals surface area (Å²) in [4.78, 5) is 11.7. The van der Waals surface area contributed by atoms with Gasteiger partial charge < -0.3 is 8.60 Å². The summed E-state index contributed by atoms with van der Waals surface area (Å²) in [6, 6.07) is 15.4. The largest absolute Gasteiger partial charge is 0.423 e. The van der Waals surface area contributed by atoms with E-state index in [9.17, 15) is 13.2 Å². The molecule has 0 bridgehead atoms. The maximum absolute atomic E-state index is 11.7. The highest BCUT2D eigenvalue weighted by Gasteiger charge is 2.11. The van der Waals surface area contributed by atoms with E-state index in [1.54, 1.807) is 6.07 Å². The van der Waals surface area contributed by atoms with Crippen LogP contribution >= 0.6 is 0 Å². The van der Waals surface area contributed by atoms with E-state index >= 15 is 0 Å². The SMILES string of the molecule is CS(=O)(=O)Oc1ccc2c(-c3ccccc3)cc(=O)oc2c1. The van der Waals surface area contributed by atoms with Crippen LogP contribution in [0.1, 0.15) is 0 Å². The first-order valence-corrected chi connectivity index (χ1v) is 8.27. The second-order valence-corrected chi connectivity index (χ2v) is 6.37. The Labute approximate surface area is 126 Å². The molecule has 1 aromatic heterocycles. The van der Waals surface area contributed by atoms with E-state index in [0.29, 0.717) is 5.39 Å². The molecular formula is C16H12O5S. The molecule has 112 valence electrons. The lowest BCUT2D eigenvalue weighted by atomic mass is 10.0. The average Bonchev–Trinajstić information content (AvgIpc) is 2.45. The van der Waals surface area contributed by atoms with Gasteiger partial charge in [0.2, 0.25) is 0 Å². The monoisotopic (exact) mass is 316 g/mol. The lowest BCUT2D eigenvalue weighted by molar-refractivity contribution is 0.492. The molecule has 3 aromatic rings. The van der Waals surface area contributed by atoms with E-state index in [1.807, 2.05) is 30.3 Å². The number of hydrogen-bond donors (Lipinski definition) is 0. The van der Waals surface area contributed by atoms with Gasteiger partial charge in [0.15, 0.2) is 0 Å². The van der Waals surface area contributed by atoms with E-state index in [0.717, 1.165) is 17.4 Å². The Morgan fingerprint density at radius 2 is 1.73 bits per heavy atom. The van der Waals surface area contributed by atoms with Gasteiger partial charge in [0, 0.05) is 17.5 Å². The second kappa shape index (κ2) is 5.31. The zero-order valence-corrected chi connectivity index (χ0v) is 12.5. The van der Waals surface area contributed by atoms with Gasteiger partial charge in [0.25, 0.3) is 0 Å². The van der Waals surface area contributed by atoms with Crippen molar-refractivity contribution in [2.75, 3.05) is 6.26 Å². The summed E-state index contributed by atoms with van der Waals surface area (Å²) >= 11 is 0. The molecule has 0 saturated carbocycles. The van der Waals surface area contributed by atoms with Crippen LogP contribution in [0.15, 0.2) is 63.8 Å². The van der Waals surface area contributed by atoms with E-state index in [1.165, 1.54) is 18.2 Å². The van der Waals surface area contributed by atoms with Gasteiger partial charge in [0.05, 0.1) is 6.26 Å². The summed E-state index contributed by atoms with van der Waals surface area (Å²) in [7, 11) is -3.64. The predicted octanol–water partition coefficient (Wildman–Crippen LogP) is 2.80. The zero-order chi connectivity index (χ0) is 15.7. The number of fused-ring (bicyclic) bond motifs is 1. The summed E-state index contributed by atoms with van der Waals surface area (Å²) in [5.74, 6) is 0.100. The van der Waals surface area contributed by atoms with Gasteiger partial charge in [-0.2, -0.15) is 8.42 Å². The molecule has 2 aromatic carbocycles. The summed E-state index contributed by atoms with van der Waals surface area (Å²) in [5, 5.41) is 0.701. The molecule has 0 amide bonds. The molecule has 6 heteroatoms. The highest BCUT2D eigenvalue weighted by Crippen LogP contribution is 2.29. The summed E-state index contributed by atoms with van der Waals surface area (Å²) in [6.45, 7) is 0. The summed E-state index contributed by atoms with van der Waals surface area (Å²) in [6.07, 6.45) is 0.952. The molecule has 0 radical (unpaired) electrons. The third kappa shape index (κ3) is 3.01. The summed E-state index contributed by atoms with van der Waals surface area (Å²) in [5.41, 5.74) is 1.35. The lowest BCUT2D eigenvalue weighted by Gasteiger charge is -2.07. The van der Waals surface area contributed by atoms with E-state index in [2.05, 4.69) is 0 Å². The first-order chi connectivity index (χ1) is 10.4. The standard InChI is InChI=1S/C16H12O5S/c1-22(18,19)21-12-7-8-13-14(11-5-3-2-4-6-11)10-16(17)20-15(13)9-12/h2-10H,1H3. The normalized spacial score (nSPS) is 11.5. The Hall–Kier alpha value is -2.60. The van der Waals surface area contributed by atoms with Crippen molar-refractivity contribution in [3.05, 3.63) is 65.0 Å². The molecule has 3 rings (SSSR count). The molecule has 0 aliphatic rings. The van der Waals surface area contributed by atoms with Gasteiger partial charge in [-0.1, -0.05) is 30.3 Å². The Morgan fingerprint density at radius 1 is 1.00 bits per heavy atom. The van der Waals surface area contributed by atoms with E-state index in [-0.39, 0.29) is 11.3 Å². The minimum atomic E-state index is -3.64. The minimum Gasteiger partial charge on any atom is -0.423 e. The van der Waals surface area contributed by atoms with Crippen LogP contribution in [-0.2, 0) is 10.1 Å². The van der Waals surface area contributed by atoms with Crippen molar-refractivity contribution in [1.29, 1.82) is 0 Å². The van der Waals surface area contributed by atoms with Crippen molar-refractivity contribution in [3.63, 3.8) is 0 Å². The van der Waals surface area contributed by atoms with Crippen LogP contribution in [-0.4, -0.2) is 14.7 Å². The molecule has 0 N–H and O–H groups in total. The fourth-order valence-electron chi connectivity index (χ4n) is 2.23. The number of rotatable bonds is 3. The van der Waals surface area contributed by atoms with Crippen molar-refractivity contribution in [3.8, 4) is 16.9 Å². The van der Waals surface area contributed by atoms with E-state index < -0.39 is 15.7 Å². The second-order valence-electron chi connectivity index (χ2n) is 4.79. The smallest absolute Gasteiger partial charge is 0.336 e. The van der Waals surface area contributed by atoms with Crippen LogP contribution in [0.4, 0.5) is 0 Å². The van der Waals surface area contributed by atoms with Crippen molar-refractivity contribution in [2.45, 2.75) is 0 Å². The quantitative estimate of drug-likeness (QED) is 0.549. The Bertz CT molecular complexity index is 988. The predicted molar refractivity (Wildman–Crippen MR) is 83.4 cm³/mol. The van der Waals surface area contributed by atoms with Crippen molar-refractivity contribution in [1.82, 2.24) is 0 Å². The first kappa shape index (κ1) is 14.3. The van der Waals surface area contributed by atoms with Gasteiger partial charge in [-0.05, 0) is 23.3 Å². The van der Waals surface area contributed by atoms with Crippen LogP contribution in [0.3, 0.4) is 0 Å². The molecule has 5 nitrogen and oxygen atoms in total. The lowest BCUT2D eigenvalue weighted by Crippen LogP contribution is -2.06. The fraction of sp³-hybridized carbons (Fsp3) is 0.0625. The average molecular weight is 316 g/mol. The van der Waals surface area contributed by atoms with E-state index in [4.69, 9.17) is 8.60 Å². The molecule has 1 heterocycles. The molecule has 0 fully saturated rings. The summed E-state index contributed by atoms with van der Waals surface area (Å²) < 4.78 is 32.3. The van der Waals surface area contributed by atoms with Gasteiger partial charge in [-0.3, -0.25) is 0 Å². The third-order valence-corrected chi connectivity index (χ3v) is 3.54. The van der Waals surface area contributed by atoms with Gasteiger partial charge in [0.1, 0.15) is 11.3 Å². The topological polar surface area (TPSA) is 73.6 Å². The van der Waals surface area contributed by atoms with Crippen LogP contribution in [0.5, 0.6) is 5.75 Å². The molecule has 0 aliphatic heterocycles. The van der Waals surface area contributed by atoms with Gasteiger partial charge in [-0.25, -0.2) is 4.79 Å². The molecule has 0 saturated heterocycles. The first-order valence-electron chi connectivity index (χ1n) is 6.45. The molecule has 0 atom stereocenters. The molecule has 0 aliphatic carbocycles. The Kier molecular flexibility index (Phi) is 3.46. The van der Waals surface area contributed by atoms with Crippen LogP contribution < -0.4 is 9.81 Å². The third-order valence-electron chi connectivity index (χ3n) is 3.05. The van der Waals surface area contributed by atoms with Gasteiger partial charge >= 0.3 is 15.7 Å². The number of hydrogen-bond acceptors (Lipinski definition) is 5. The molecule has 0 spiro atoms.